The minimum absolute atomic E-state index is 0.0362. The summed E-state index contributed by atoms with van der Waals surface area (Å²) in [6.07, 6.45) is 0. The summed E-state index contributed by atoms with van der Waals surface area (Å²) >= 11 is 0. The van der Waals surface area contributed by atoms with Crippen LogP contribution in [0.25, 0.3) is 0 Å². The van der Waals surface area contributed by atoms with Crippen molar-refractivity contribution < 1.29 is 22.7 Å². The van der Waals surface area contributed by atoms with Gasteiger partial charge in [0.15, 0.2) is 0 Å². The zero-order valence-corrected chi connectivity index (χ0v) is 16.8. The first-order valence-electron chi connectivity index (χ1n) is 8.97. The molecule has 28 heavy (non-hydrogen) atoms. The lowest BCUT2D eigenvalue weighted by Gasteiger charge is -2.34. The number of benzene rings is 2. The molecule has 8 heteroatoms. The molecule has 2 aromatic carbocycles. The maximum atomic E-state index is 12.9. The lowest BCUT2D eigenvalue weighted by Crippen LogP contribution is -2.50. The smallest absolute Gasteiger partial charge is 0.257 e. The average molecular weight is 404 g/mol. The molecule has 0 unspecified atom stereocenters. The maximum Gasteiger partial charge on any atom is 0.257 e. The second-order valence-corrected chi connectivity index (χ2v) is 8.47. The van der Waals surface area contributed by atoms with Crippen LogP contribution >= 0.6 is 0 Å². The van der Waals surface area contributed by atoms with Crippen molar-refractivity contribution in [2.45, 2.75) is 5.75 Å². The Bertz CT molecular complexity index is 923. The van der Waals surface area contributed by atoms with Crippen molar-refractivity contribution in [2.75, 3.05) is 40.4 Å². The van der Waals surface area contributed by atoms with Crippen molar-refractivity contribution in [2.24, 2.45) is 0 Å². The second kappa shape index (κ2) is 8.62. The number of carbonyl (C=O) groups is 1. The van der Waals surface area contributed by atoms with Crippen LogP contribution in [0.4, 0.5) is 0 Å². The third-order valence-corrected chi connectivity index (χ3v) is 6.60. The number of rotatable bonds is 6. The Hall–Kier alpha value is -2.58. The fourth-order valence-electron chi connectivity index (χ4n) is 3.20. The Balaban J connectivity index is 1.67. The topological polar surface area (TPSA) is 76.2 Å². The maximum absolute atomic E-state index is 12.9. The number of hydrogen-bond acceptors (Lipinski definition) is 5. The fraction of sp³-hybridized carbons (Fsp3) is 0.350. The van der Waals surface area contributed by atoms with Crippen LogP contribution in [0, 0.1) is 0 Å². The number of methoxy groups -OCH3 is 2. The van der Waals surface area contributed by atoms with E-state index < -0.39 is 10.0 Å². The SMILES string of the molecule is COc1ccc(OC)c(C(=O)N2CCN(S(=O)(=O)Cc3ccccc3)CC2)c1. The van der Waals surface area contributed by atoms with Gasteiger partial charge in [-0.05, 0) is 23.8 Å². The average Bonchev–Trinajstić information content (AvgIpc) is 2.73. The van der Waals surface area contributed by atoms with E-state index in [1.54, 1.807) is 35.2 Å². The van der Waals surface area contributed by atoms with Crippen LogP contribution in [0.1, 0.15) is 15.9 Å². The highest BCUT2D eigenvalue weighted by atomic mass is 32.2. The Labute approximate surface area is 165 Å². The first-order valence-corrected chi connectivity index (χ1v) is 10.6. The normalized spacial score (nSPS) is 15.3. The van der Waals surface area contributed by atoms with Gasteiger partial charge in [0.25, 0.3) is 5.91 Å². The Morgan fingerprint density at radius 3 is 2.25 bits per heavy atom. The number of piperazine rings is 1. The number of carbonyl (C=O) groups excluding carboxylic acids is 1. The van der Waals surface area contributed by atoms with Crippen molar-refractivity contribution in [1.82, 2.24) is 9.21 Å². The van der Waals surface area contributed by atoms with Gasteiger partial charge in [0, 0.05) is 26.2 Å². The molecular formula is C20H24N2O5S. The van der Waals surface area contributed by atoms with Crippen LogP contribution in [-0.2, 0) is 15.8 Å². The van der Waals surface area contributed by atoms with Gasteiger partial charge < -0.3 is 14.4 Å². The molecule has 0 aliphatic carbocycles. The van der Waals surface area contributed by atoms with E-state index in [1.807, 2.05) is 18.2 Å². The Kier molecular flexibility index (Phi) is 6.21. The van der Waals surface area contributed by atoms with Crippen LogP contribution < -0.4 is 9.47 Å². The molecule has 1 aliphatic rings. The van der Waals surface area contributed by atoms with E-state index in [-0.39, 0.29) is 24.7 Å². The molecule has 7 nitrogen and oxygen atoms in total. The van der Waals surface area contributed by atoms with Gasteiger partial charge in [-0.3, -0.25) is 4.79 Å². The zero-order valence-electron chi connectivity index (χ0n) is 16.0. The predicted octanol–water partition coefficient (Wildman–Crippen LogP) is 1.99. The number of sulfonamides is 1. The van der Waals surface area contributed by atoms with Crippen molar-refractivity contribution in [3.8, 4) is 11.5 Å². The molecule has 0 saturated carbocycles. The minimum atomic E-state index is -3.42. The van der Waals surface area contributed by atoms with Gasteiger partial charge in [0.2, 0.25) is 10.0 Å². The summed E-state index contributed by atoms with van der Waals surface area (Å²) in [6.45, 7) is 1.20. The van der Waals surface area contributed by atoms with E-state index in [0.717, 1.165) is 5.56 Å². The van der Waals surface area contributed by atoms with Gasteiger partial charge in [0.1, 0.15) is 11.5 Å². The van der Waals surface area contributed by atoms with Gasteiger partial charge in [-0.2, -0.15) is 4.31 Å². The summed E-state index contributed by atoms with van der Waals surface area (Å²) < 4.78 is 37.3. The highest BCUT2D eigenvalue weighted by Gasteiger charge is 2.30. The number of ether oxygens (including phenoxy) is 2. The highest BCUT2D eigenvalue weighted by Crippen LogP contribution is 2.26. The molecule has 0 N–H and O–H groups in total. The molecule has 0 spiro atoms. The summed E-state index contributed by atoms with van der Waals surface area (Å²) in [5, 5.41) is 0. The molecular weight excluding hydrogens is 380 g/mol. The largest absolute Gasteiger partial charge is 0.497 e. The summed E-state index contributed by atoms with van der Waals surface area (Å²) in [5.41, 5.74) is 1.16. The Morgan fingerprint density at radius 1 is 0.964 bits per heavy atom. The van der Waals surface area contributed by atoms with Crippen LogP contribution in [0.2, 0.25) is 0 Å². The van der Waals surface area contributed by atoms with Gasteiger partial charge in [0.05, 0.1) is 25.5 Å². The van der Waals surface area contributed by atoms with Gasteiger partial charge in [-0.25, -0.2) is 8.42 Å². The van der Waals surface area contributed by atoms with Crippen molar-refractivity contribution in [1.29, 1.82) is 0 Å². The minimum Gasteiger partial charge on any atom is -0.497 e. The first kappa shape index (κ1) is 20.2. The summed E-state index contributed by atoms with van der Waals surface area (Å²) in [6, 6.07) is 14.1. The molecule has 1 fully saturated rings. The Morgan fingerprint density at radius 2 is 1.64 bits per heavy atom. The molecule has 1 heterocycles. The van der Waals surface area contributed by atoms with E-state index >= 15 is 0 Å². The highest BCUT2D eigenvalue weighted by molar-refractivity contribution is 7.88. The molecule has 1 aliphatic heterocycles. The zero-order chi connectivity index (χ0) is 20.1. The lowest BCUT2D eigenvalue weighted by atomic mass is 10.1. The predicted molar refractivity (Wildman–Crippen MR) is 106 cm³/mol. The van der Waals surface area contributed by atoms with Crippen LogP contribution in [0.3, 0.4) is 0 Å². The molecule has 0 bridgehead atoms. The molecule has 3 rings (SSSR count). The monoisotopic (exact) mass is 404 g/mol. The van der Waals surface area contributed by atoms with E-state index in [9.17, 15) is 13.2 Å². The van der Waals surface area contributed by atoms with Crippen LogP contribution in [0.15, 0.2) is 48.5 Å². The lowest BCUT2D eigenvalue weighted by molar-refractivity contribution is 0.0694. The van der Waals surface area contributed by atoms with Crippen molar-refractivity contribution >= 4 is 15.9 Å². The molecule has 0 radical (unpaired) electrons. The van der Waals surface area contributed by atoms with Gasteiger partial charge >= 0.3 is 0 Å². The van der Waals surface area contributed by atoms with Crippen molar-refractivity contribution in [3.63, 3.8) is 0 Å². The summed E-state index contributed by atoms with van der Waals surface area (Å²) in [4.78, 5) is 14.6. The quantitative estimate of drug-likeness (QED) is 0.736. The second-order valence-electron chi connectivity index (χ2n) is 6.50. The standard InChI is InChI=1S/C20H24N2O5S/c1-26-17-8-9-19(27-2)18(14-17)20(23)21-10-12-22(13-11-21)28(24,25)15-16-6-4-3-5-7-16/h3-9,14H,10-13,15H2,1-2H3. The number of hydrogen-bond donors (Lipinski definition) is 0. The number of nitrogens with zero attached hydrogens (tertiary/aromatic N) is 2. The summed E-state index contributed by atoms with van der Waals surface area (Å²) in [7, 11) is -0.382. The third kappa shape index (κ3) is 4.45. The van der Waals surface area contributed by atoms with Crippen LogP contribution in [-0.4, -0.2) is 63.9 Å². The molecule has 0 atom stereocenters. The van der Waals surface area contributed by atoms with E-state index in [0.29, 0.717) is 30.2 Å². The fourth-order valence-corrected chi connectivity index (χ4v) is 4.71. The first-order chi connectivity index (χ1) is 13.4. The molecule has 150 valence electrons. The molecule has 2 aromatic rings. The van der Waals surface area contributed by atoms with Crippen LogP contribution in [0.5, 0.6) is 11.5 Å². The molecule has 1 amide bonds. The van der Waals surface area contributed by atoms with Gasteiger partial charge in [-0.15, -0.1) is 0 Å². The van der Waals surface area contributed by atoms with Gasteiger partial charge in [-0.1, -0.05) is 30.3 Å². The summed E-state index contributed by atoms with van der Waals surface area (Å²) in [5.74, 6) is 0.792. The molecule has 0 aromatic heterocycles. The van der Waals surface area contributed by atoms with E-state index in [2.05, 4.69) is 0 Å². The van der Waals surface area contributed by atoms with E-state index in [1.165, 1.54) is 18.5 Å². The van der Waals surface area contributed by atoms with E-state index in [4.69, 9.17) is 9.47 Å². The third-order valence-electron chi connectivity index (χ3n) is 4.75. The number of amides is 1. The van der Waals surface area contributed by atoms with Crippen molar-refractivity contribution in [3.05, 3.63) is 59.7 Å². The molecule has 1 saturated heterocycles.